The van der Waals surface area contributed by atoms with Crippen LogP contribution in [0.25, 0.3) is 10.9 Å². The van der Waals surface area contributed by atoms with E-state index in [2.05, 4.69) is 9.72 Å². The number of fused-ring (bicyclic) bond motifs is 1. The number of primary amides is 1. The summed E-state index contributed by atoms with van der Waals surface area (Å²) in [5, 5.41) is 0.621. The lowest BCUT2D eigenvalue weighted by atomic mass is 9.93. The number of alkyl halides is 3. The minimum absolute atomic E-state index is 0.214. The molecule has 1 aromatic carbocycles. The molecule has 27 heavy (non-hydrogen) atoms. The first-order valence-electron chi connectivity index (χ1n) is 8.67. The fourth-order valence-corrected chi connectivity index (χ4v) is 3.42. The van der Waals surface area contributed by atoms with Gasteiger partial charge in [-0.15, -0.1) is 13.2 Å². The van der Waals surface area contributed by atoms with Crippen LogP contribution in [-0.2, 0) is 4.79 Å². The van der Waals surface area contributed by atoms with E-state index in [1.54, 1.807) is 11.0 Å². The lowest BCUT2D eigenvalue weighted by molar-refractivity contribution is -0.274. The van der Waals surface area contributed by atoms with Gasteiger partial charge in [0.25, 0.3) is 5.91 Å². The number of hydrogen-bond donors (Lipinski definition) is 2. The zero-order valence-corrected chi connectivity index (χ0v) is 14.5. The monoisotopic (exact) mass is 383 g/mol. The van der Waals surface area contributed by atoms with Crippen molar-refractivity contribution in [3.8, 4) is 5.75 Å². The molecule has 3 rings (SSSR count). The molecule has 1 aliphatic heterocycles. The fraction of sp³-hybridized carbons (Fsp3) is 0.444. The Morgan fingerprint density at radius 2 is 2.07 bits per heavy atom. The van der Waals surface area contributed by atoms with Gasteiger partial charge in [0, 0.05) is 36.5 Å². The van der Waals surface area contributed by atoms with Crippen molar-refractivity contribution in [2.24, 2.45) is 11.7 Å². The highest BCUT2D eigenvalue weighted by Gasteiger charge is 2.31. The Labute approximate surface area is 153 Å². The lowest BCUT2D eigenvalue weighted by Gasteiger charge is -2.32. The highest BCUT2D eigenvalue weighted by Crippen LogP contribution is 2.28. The van der Waals surface area contributed by atoms with Crippen LogP contribution < -0.4 is 10.5 Å². The summed E-state index contributed by atoms with van der Waals surface area (Å²) in [5.74, 6) is -0.703. The molecule has 2 aromatic rings. The van der Waals surface area contributed by atoms with E-state index in [0.29, 0.717) is 42.5 Å². The molecule has 1 aliphatic rings. The van der Waals surface area contributed by atoms with Crippen LogP contribution in [0.15, 0.2) is 24.3 Å². The maximum Gasteiger partial charge on any atom is 0.573 e. The van der Waals surface area contributed by atoms with Crippen LogP contribution in [0.5, 0.6) is 5.75 Å². The van der Waals surface area contributed by atoms with Gasteiger partial charge in [0.2, 0.25) is 5.91 Å². The number of nitrogens with one attached hydrogen (secondary N) is 1. The van der Waals surface area contributed by atoms with E-state index in [1.165, 1.54) is 18.2 Å². The van der Waals surface area contributed by atoms with Crippen LogP contribution in [-0.4, -0.2) is 41.2 Å². The third-order valence-electron chi connectivity index (χ3n) is 4.66. The molecule has 1 aromatic heterocycles. The first kappa shape index (κ1) is 19.1. The molecule has 1 unspecified atom stereocenters. The molecule has 1 saturated heterocycles. The molecule has 146 valence electrons. The summed E-state index contributed by atoms with van der Waals surface area (Å²) in [6.45, 7) is 1.13. The number of rotatable bonds is 5. The molecular formula is C18H20F3N3O3. The van der Waals surface area contributed by atoms with E-state index in [-0.39, 0.29) is 23.5 Å². The number of piperidine rings is 1. The van der Waals surface area contributed by atoms with Crippen molar-refractivity contribution in [2.45, 2.75) is 32.0 Å². The molecule has 6 nitrogen and oxygen atoms in total. The molecule has 1 fully saturated rings. The number of H-pyrrole nitrogens is 1. The van der Waals surface area contributed by atoms with E-state index in [4.69, 9.17) is 5.73 Å². The molecule has 0 saturated carbocycles. The fourth-order valence-electron chi connectivity index (χ4n) is 3.42. The molecule has 2 amide bonds. The summed E-state index contributed by atoms with van der Waals surface area (Å²) < 4.78 is 40.9. The number of ether oxygens (including phenoxy) is 1. The van der Waals surface area contributed by atoms with Gasteiger partial charge in [-0.3, -0.25) is 9.59 Å². The third-order valence-corrected chi connectivity index (χ3v) is 4.66. The maximum atomic E-state index is 12.8. The molecule has 2 heterocycles. The number of carbonyl (C=O) groups is 2. The first-order valence-corrected chi connectivity index (χ1v) is 8.67. The number of aromatic amines is 1. The van der Waals surface area contributed by atoms with Crippen molar-refractivity contribution in [2.75, 3.05) is 13.1 Å². The van der Waals surface area contributed by atoms with Crippen LogP contribution in [0.4, 0.5) is 13.2 Å². The highest BCUT2D eigenvalue weighted by atomic mass is 19.4. The van der Waals surface area contributed by atoms with Crippen LogP contribution in [0.3, 0.4) is 0 Å². The van der Waals surface area contributed by atoms with E-state index >= 15 is 0 Å². The van der Waals surface area contributed by atoms with Crippen molar-refractivity contribution < 1.29 is 27.5 Å². The van der Waals surface area contributed by atoms with Gasteiger partial charge in [-0.1, -0.05) is 0 Å². The lowest BCUT2D eigenvalue weighted by Crippen LogP contribution is -2.40. The van der Waals surface area contributed by atoms with Crippen LogP contribution in [0.1, 0.15) is 36.2 Å². The maximum absolute atomic E-state index is 12.8. The van der Waals surface area contributed by atoms with Gasteiger partial charge in [-0.2, -0.15) is 0 Å². The second kappa shape index (κ2) is 7.50. The Morgan fingerprint density at radius 3 is 2.78 bits per heavy atom. The second-order valence-electron chi connectivity index (χ2n) is 6.74. The van der Waals surface area contributed by atoms with Crippen molar-refractivity contribution in [1.82, 2.24) is 9.88 Å². The van der Waals surface area contributed by atoms with Crippen LogP contribution in [0.2, 0.25) is 0 Å². The summed E-state index contributed by atoms with van der Waals surface area (Å²) >= 11 is 0. The predicted octanol–water partition coefficient (Wildman–Crippen LogP) is 3.18. The second-order valence-corrected chi connectivity index (χ2v) is 6.74. The van der Waals surface area contributed by atoms with Gasteiger partial charge < -0.3 is 20.4 Å². The van der Waals surface area contributed by atoms with E-state index in [0.717, 1.165) is 12.8 Å². The van der Waals surface area contributed by atoms with Crippen molar-refractivity contribution in [1.29, 1.82) is 0 Å². The average Bonchev–Trinajstić information content (AvgIpc) is 3.01. The summed E-state index contributed by atoms with van der Waals surface area (Å²) in [5.41, 5.74) is 5.88. The Morgan fingerprint density at radius 1 is 1.30 bits per heavy atom. The zero-order valence-electron chi connectivity index (χ0n) is 14.5. The number of amides is 2. The Balaban J connectivity index is 1.72. The molecule has 0 aliphatic carbocycles. The quantitative estimate of drug-likeness (QED) is 0.831. The number of hydrogen-bond acceptors (Lipinski definition) is 3. The number of aromatic nitrogens is 1. The first-order chi connectivity index (χ1) is 12.7. The van der Waals surface area contributed by atoms with Gasteiger partial charge in [-0.05, 0) is 43.4 Å². The van der Waals surface area contributed by atoms with Crippen molar-refractivity contribution in [3.63, 3.8) is 0 Å². The van der Waals surface area contributed by atoms with Crippen molar-refractivity contribution in [3.05, 3.63) is 30.0 Å². The molecule has 3 N–H and O–H groups in total. The zero-order chi connectivity index (χ0) is 19.6. The standard InChI is InChI=1S/C18H20F3N3O3/c19-18(20,21)27-13-5-4-12-8-15(23-14(12)9-13)17(26)24-7-1-2-11(10-24)3-6-16(22)25/h4-5,8-9,11,23H,1-3,6-7,10H2,(H2,22,25). The average molecular weight is 383 g/mol. The SMILES string of the molecule is NC(=O)CCC1CCCN(C(=O)c2cc3ccc(OC(F)(F)F)cc3[nH]2)C1. The summed E-state index contributed by atoms with van der Waals surface area (Å²) in [4.78, 5) is 28.3. The van der Waals surface area contributed by atoms with Gasteiger partial charge in [0.15, 0.2) is 0 Å². The number of likely N-dealkylation sites (tertiary alicyclic amines) is 1. The van der Waals surface area contributed by atoms with Gasteiger partial charge in [0.1, 0.15) is 11.4 Å². The van der Waals surface area contributed by atoms with Gasteiger partial charge in [-0.25, -0.2) is 0 Å². The normalized spacial score (nSPS) is 17.9. The summed E-state index contributed by atoms with van der Waals surface area (Å²) in [6, 6.07) is 5.50. The Kier molecular flexibility index (Phi) is 5.29. The van der Waals surface area contributed by atoms with E-state index in [9.17, 15) is 22.8 Å². The molecular weight excluding hydrogens is 363 g/mol. The molecule has 0 radical (unpaired) electrons. The highest BCUT2D eigenvalue weighted by molar-refractivity contribution is 5.98. The van der Waals surface area contributed by atoms with Crippen molar-refractivity contribution >= 4 is 22.7 Å². The smallest absolute Gasteiger partial charge is 0.406 e. The number of benzene rings is 1. The molecule has 0 bridgehead atoms. The Bertz CT molecular complexity index is 847. The molecule has 1 atom stereocenters. The molecule has 0 spiro atoms. The van der Waals surface area contributed by atoms with E-state index in [1.807, 2.05) is 0 Å². The Hall–Kier alpha value is -2.71. The van der Waals surface area contributed by atoms with Crippen LogP contribution in [0, 0.1) is 5.92 Å². The number of nitrogens with zero attached hydrogens (tertiary/aromatic N) is 1. The largest absolute Gasteiger partial charge is 0.573 e. The minimum Gasteiger partial charge on any atom is -0.406 e. The number of nitrogens with two attached hydrogens (primary N) is 1. The van der Waals surface area contributed by atoms with E-state index < -0.39 is 6.36 Å². The third kappa shape index (κ3) is 4.93. The molecule has 9 heteroatoms. The minimum atomic E-state index is -4.77. The van der Waals surface area contributed by atoms with Gasteiger partial charge in [0.05, 0.1) is 0 Å². The summed E-state index contributed by atoms with van der Waals surface area (Å²) in [6.07, 6.45) is -2.07. The van der Waals surface area contributed by atoms with Crippen LogP contribution >= 0.6 is 0 Å². The summed E-state index contributed by atoms with van der Waals surface area (Å²) in [7, 11) is 0. The topological polar surface area (TPSA) is 88.4 Å². The predicted molar refractivity (Wildman–Crippen MR) is 92.0 cm³/mol. The number of carbonyl (C=O) groups excluding carboxylic acids is 2. The van der Waals surface area contributed by atoms with Gasteiger partial charge >= 0.3 is 6.36 Å². The number of halogens is 3.